The molecule has 1 aliphatic heterocycles. The van der Waals surface area contributed by atoms with E-state index in [9.17, 15) is 19.2 Å². The van der Waals surface area contributed by atoms with Crippen molar-refractivity contribution in [3.63, 3.8) is 0 Å². The fourth-order valence-electron chi connectivity index (χ4n) is 5.50. The van der Waals surface area contributed by atoms with Crippen LogP contribution in [-0.4, -0.2) is 60.9 Å². The second-order valence-electron chi connectivity index (χ2n) is 11.8. The third-order valence-electron chi connectivity index (χ3n) is 8.41. The summed E-state index contributed by atoms with van der Waals surface area (Å²) in [4.78, 5) is 53.9. The van der Waals surface area contributed by atoms with Gasteiger partial charge in [0.1, 0.15) is 23.4 Å². The molecule has 0 aromatic heterocycles. The molecule has 1 fully saturated rings. The van der Waals surface area contributed by atoms with Crippen LogP contribution in [0.25, 0.3) is 0 Å². The molecule has 1 heterocycles. The highest BCUT2D eigenvalue weighted by Crippen LogP contribution is 2.34. The van der Waals surface area contributed by atoms with E-state index < -0.39 is 35.5 Å². The Kier molecular flexibility index (Phi) is 9.48. The number of rotatable bonds is 13. The summed E-state index contributed by atoms with van der Waals surface area (Å²) in [5.41, 5.74) is 4.06. The maximum absolute atomic E-state index is 13.8. The monoisotopic (exact) mass is 609 g/mol. The number of ketones is 1. The molecule has 1 saturated heterocycles. The van der Waals surface area contributed by atoms with Gasteiger partial charge < -0.3 is 25.4 Å². The van der Waals surface area contributed by atoms with E-state index in [0.717, 1.165) is 34.3 Å². The molecule has 3 N–H and O–H groups in total. The standard InChI is InChI=1S/C36H39N3O6/c1-22-28-13-9-8-12-26(28)20-29(22)34(42)37-23(2)33(41)39-31(19-25-14-16-27(44-4)17-15-25)35(43)38-30(32(40)36(3)21-45-36)18-24-10-6-5-7-11-24/h5-7,9-17,20,23,30-31H,8,18-19,21H2,1-4H3,(H,37,42)(H,38,43)(H,39,41)/t23-,30-,31-,36+/m0/s1. The Morgan fingerprint density at radius 2 is 1.56 bits per heavy atom. The Morgan fingerprint density at radius 1 is 0.911 bits per heavy atom. The first-order valence-electron chi connectivity index (χ1n) is 15.1. The third-order valence-corrected chi connectivity index (χ3v) is 8.41. The van der Waals surface area contributed by atoms with Crippen LogP contribution in [0.1, 0.15) is 38.3 Å². The summed E-state index contributed by atoms with van der Waals surface area (Å²) in [6, 6.07) is 13.8. The Labute approximate surface area is 263 Å². The van der Waals surface area contributed by atoms with Crippen LogP contribution in [0.4, 0.5) is 0 Å². The summed E-state index contributed by atoms with van der Waals surface area (Å²) in [5, 5.41) is 8.50. The van der Waals surface area contributed by atoms with Gasteiger partial charge in [0.2, 0.25) is 11.8 Å². The Hall–Kier alpha value is -4.76. The van der Waals surface area contributed by atoms with Crippen molar-refractivity contribution in [2.45, 2.75) is 63.8 Å². The lowest BCUT2D eigenvalue weighted by atomic mass is 9.94. The van der Waals surface area contributed by atoms with Crippen LogP contribution < -0.4 is 20.7 Å². The van der Waals surface area contributed by atoms with Crippen molar-refractivity contribution in [3.05, 3.63) is 112 Å². The van der Waals surface area contributed by atoms with Crippen LogP contribution in [0.5, 0.6) is 5.75 Å². The zero-order chi connectivity index (χ0) is 32.1. The predicted octanol–water partition coefficient (Wildman–Crippen LogP) is 3.46. The zero-order valence-electron chi connectivity index (χ0n) is 26.0. The van der Waals surface area contributed by atoms with Crippen molar-refractivity contribution in [2.24, 2.45) is 0 Å². The first-order valence-corrected chi connectivity index (χ1v) is 15.1. The number of fused-ring (bicyclic) bond motifs is 1. The Morgan fingerprint density at radius 3 is 2.20 bits per heavy atom. The normalized spacial score (nSPS) is 20.2. The number of nitrogens with one attached hydrogen (secondary N) is 3. The zero-order valence-corrected chi connectivity index (χ0v) is 26.0. The molecule has 2 aliphatic carbocycles. The molecule has 45 heavy (non-hydrogen) atoms. The minimum absolute atomic E-state index is 0.152. The number of methoxy groups -OCH3 is 1. The van der Waals surface area contributed by atoms with Crippen molar-refractivity contribution >= 4 is 23.5 Å². The van der Waals surface area contributed by atoms with Crippen molar-refractivity contribution in [1.82, 2.24) is 16.0 Å². The highest BCUT2D eigenvalue weighted by Gasteiger charge is 2.50. The van der Waals surface area contributed by atoms with Crippen LogP contribution in [0, 0.1) is 0 Å². The van der Waals surface area contributed by atoms with Crippen LogP contribution in [0.15, 0.2) is 101 Å². The van der Waals surface area contributed by atoms with Crippen molar-refractivity contribution < 1.29 is 28.7 Å². The molecular weight excluding hydrogens is 570 g/mol. The maximum atomic E-state index is 13.8. The number of carbonyl (C=O) groups is 4. The second kappa shape index (κ2) is 13.5. The summed E-state index contributed by atoms with van der Waals surface area (Å²) in [6.07, 6.45) is 9.17. The van der Waals surface area contributed by atoms with Crippen LogP contribution in [0.3, 0.4) is 0 Å². The van der Waals surface area contributed by atoms with Gasteiger partial charge in [-0.15, -0.1) is 0 Å². The number of carbonyl (C=O) groups excluding carboxylic acids is 4. The molecule has 0 radical (unpaired) electrons. The summed E-state index contributed by atoms with van der Waals surface area (Å²) < 4.78 is 10.7. The van der Waals surface area contributed by atoms with Crippen molar-refractivity contribution in [2.75, 3.05) is 13.7 Å². The lowest BCUT2D eigenvalue weighted by Gasteiger charge is -2.25. The summed E-state index contributed by atoms with van der Waals surface area (Å²) in [7, 11) is 1.57. The largest absolute Gasteiger partial charge is 0.497 e. The number of ether oxygens (including phenoxy) is 2. The molecule has 234 valence electrons. The lowest BCUT2D eigenvalue weighted by molar-refractivity contribution is -0.133. The molecule has 0 bridgehead atoms. The maximum Gasteiger partial charge on any atom is 0.252 e. The van der Waals surface area contributed by atoms with E-state index in [-0.39, 0.29) is 31.1 Å². The van der Waals surface area contributed by atoms with Crippen LogP contribution >= 0.6 is 0 Å². The molecule has 5 rings (SSSR count). The van der Waals surface area contributed by atoms with E-state index in [1.807, 2.05) is 67.6 Å². The smallest absolute Gasteiger partial charge is 0.252 e. The number of hydrogen-bond acceptors (Lipinski definition) is 6. The molecule has 0 unspecified atom stereocenters. The quantitative estimate of drug-likeness (QED) is 0.299. The molecular formula is C36H39N3O6. The molecule has 4 atom stereocenters. The van der Waals surface area contributed by atoms with Crippen molar-refractivity contribution in [3.8, 4) is 5.75 Å². The van der Waals surface area contributed by atoms with Gasteiger partial charge in [-0.05, 0) is 79.7 Å². The van der Waals surface area contributed by atoms with Gasteiger partial charge in [-0.3, -0.25) is 19.2 Å². The number of epoxide rings is 1. The molecule has 0 spiro atoms. The van der Waals surface area contributed by atoms with E-state index in [1.54, 1.807) is 33.1 Å². The third kappa shape index (κ3) is 7.49. The van der Waals surface area contributed by atoms with Gasteiger partial charge in [-0.1, -0.05) is 60.7 Å². The van der Waals surface area contributed by atoms with Gasteiger partial charge in [-0.2, -0.15) is 0 Å². The Bertz CT molecular complexity index is 1600. The predicted molar refractivity (Wildman–Crippen MR) is 170 cm³/mol. The number of amides is 3. The van der Waals surface area contributed by atoms with E-state index in [4.69, 9.17) is 9.47 Å². The van der Waals surface area contributed by atoms with Gasteiger partial charge in [0.25, 0.3) is 5.91 Å². The topological polar surface area (TPSA) is 126 Å². The number of Topliss-reactive ketones (excluding diaryl/α,β-unsaturated/α-hetero) is 1. The Balaban J connectivity index is 1.32. The molecule has 2 aromatic rings. The number of allylic oxidation sites excluding steroid dienone is 6. The van der Waals surface area contributed by atoms with Crippen LogP contribution in [-0.2, 0) is 36.8 Å². The number of hydrogen-bond donors (Lipinski definition) is 3. The van der Waals surface area contributed by atoms with Crippen LogP contribution in [0.2, 0.25) is 0 Å². The molecule has 0 saturated carbocycles. The van der Waals surface area contributed by atoms with E-state index >= 15 is 0 Å². The average Bonchev–Trinajstić information content (AvgIpc) is 3.72. The summed E-state index contributed by atoms with van der Waals surface area (Å²) in [5.74, 6) is -0.980. The minimum atomic E-state index is -1.03. The van der Waals surface area contributed by atoms with Crippen molar-refractivity contribution in [1.29, 1.82) is 0 Å². The van der Waals surface area contributed by atoms with Gasteiger partial charge in [0.15, 0.2) is 5.78 Å². The molecule has 2 aromatic carbocycles. The molecule has 9 heteroatoms. The second-order valence-corrected chi connectivity index (χ2v) is 11.8. The van der Waals surface area contributed by atoms with E-state index in [1.165, 1.54) is 0 Å². The van der Waals surface area contributed by atoms with Gasteiger partial charge in [0, 0.05) is 12.0 Å². The molecule has 9 nitrogen and oxygen atoms in total. The summed E-state index contributed by atoms with van der Waals surface area (Å²) >= 11 is 0. The SMILES string of the molecule is COc1ccc(C[C@H](NC(=O)[C@H](C)NC(=O)C2=CC3=CCC=CC3=C2C)C(=O)N[C@@H](Cc2ccccc2)C(=O)[C@@]2(C)CO2)cc1. The van der Waals surface area contributed by atoms with E-state index in [2.05, 4.69) is 22.0 Å². The minimum Gasteiger partial charge on any atom is -0.497 e. The highest BCUT2D eigenvalue weighted by molar-refractivity contribution is 6.03. The van der Waals surface area contributed by atoms with E-state index in [0.29, 0.717) is 11.3 Å². The average molecular weight is 610 g/mol. The fourth-order valence-corrected chi connectivity index (χ4v) is 5.50. The van der Waals surface area contributed by atoms with Gasteiger partial charge in [0.05, 0.1) is 19.8 Å². The lowest BCUT2D eigenvalue weighted by Crippen LogP contribution is -2.57. The number of benzene rings is 2. The fraction of sp³-hybridized carbons (Fsp3) is 0.333. The summed E-state index contributed by atoms with van der Waals surface area (Å²) in [6.45, 7) is 5.46. The first-order chi connectivity index (χ1) is 21.6. The molecule has 3 aliphatic rings. The van der Waals surface area contributed by atoms with Gasteiger partial charge in [-0.25, -0.2) is 0 Å². The van der Waals surface area contributed by atoms with Gasteiger partial charge >= 0.3 is 0 Å². The first kappa shape index (κ1) is 31.7. The highest BCUT2D eigenvalue weighted by atomic mass is 16.6. The molecule has 3 amide bonds.